The zero-order valence-corrected chi connectivity index (χ0v) is 15.5. The largest absolute Gasteiger partial charge is 0.465 e. The summed E-state index contributed by atoms with van der Waals surface area (Å²) >= 11 is 0. The van der Waals surface area contributed by atoms with Crippen molar-refractivity contribution < 1.29 is 18.1 Å². The lowest BCUT2D eigenvalue weighted by Gasteiger charge is -2.32. The van der Waals surface area contributed by atoms with Gasteiger partial charge in [-0.2, -0.15) is 0 Å². The van der Waals surface area contributed by atoms with Crippen LogP contribution in [0.25, 0.3) is 0 Å². The Balaban J connectivity index is 4.06. The third-order valence-corrected chi connectivity index (χ3v) is 9.29. The maximum atomic E-state index is 11.5. The van der Waals surface area contributed by atoms with E-state index in [2.05, 4.69) is 26.2 Å². The molecule has 0 aliphatic rings. The van der Waals surface area contributed by atoms with Crippen molar-refractivity contribution in [2.75, 3.05) is 13.7 Å². The minimum absolute atomic E-state index is 0.00992. The predicted molar refractivity (Wildman–Crippen MR) is 82.9 cm³/mol. The fourth-order valence-electron chi connectivity index (χ4n) is 1.72. The standard InChI is InChI=1S/C13H30O4Si2/c1-8-12(2)13(14)16-10-9-11-19(7,15-3)17-18(4,5)6/h12H,8-11H2,1-7H3. The summed E-state index contributed by atoms with van der Waals surface area (Å²) in [4.78, 5) is 11.5. The van der Waals surface area contributed by atoms with Gasteiger partial charge in [0.2, 0.25) is 0 Å². The van der Waals surface area contributed by atoms with Crippen LogP contribution in [0.2, 0.25) is 32.2 Å². The van der Waals surface area contributed by atoms with E-state index in [-0.39, 0.29) is 11.9 Å². The highest BCUT2D eigenvalue weighted by atomic mass is 28.4. The van der Waals surface area contributed by atoms with Crippen molar-refractivity contribution in [3.05, 3.63) is 0 Å². The third-order valence-electron chi connectivity index (χ3n) is 2.99. The Hall–Kier alpha value is -0.176. The molecule has 0 spiro atoms. The summed E-state index contributed by atoms with van der Waals surface area (Å²) < 4.78 is 17.0. The SMILES string of the molecule is CCC(C)C(=O)OCCC[Si](C)(OC)O[Si](C)(C)C. The van der Waals surface area contributed by atoms with E-state index in [1.807, 2.05) is 13.8 Å². The fourth-order valence-corrected chi connectivity index (χ4v) is 8.63. The predicted octanol–water partition coefficient (Wildman–Crippen LogP) is 3.54. The normalized spacial score (nSPS) is 16.8. The molecular formula is C13H30O4Si2. The summed E-state index contributed by atoms with van der Waals surface area (Å²) in [5, 5.41) is 0. The summed E-state index contributed by atoms with van der Waals surface area (Å²) in [6.07, 6.45) is 1.63. The van der Waals surface area contributed by atoms with Crippen LogP contribution >= 0.6 is 0 Å². The van der Waals surface area contributed by atoms with Crippen LogP contribution in [0.4, 0.5) is 0 Å². The van der Waals surface area contributed by atoms with Gasteiger partial charge < -0.3 is 13.3 Å². The van der Waals surface area contributed by atoms with Crippen molar-refractivity contribution in [2.45, 2.75) is 58.9 Å². The molecular weight excluding hydrogens is 276 g/mol. The van der Waals surface area contributed by atoms with Gasteiger partial charge in [-0.25, -0.2) is 0 Å². The number of rotatable bonds is 9. The van der Waals surface area contributed by atoms with E-state index in [0.717, 1.165) is 18.9 Å². The van der Waals surface area contributed by atoms with Gasteiger partial charge in [-0.1, -0.05) is 13.8 Å². The molecule has 2 unspecified atom stereocenters. The lowest BCUT2D eigenvalue weighted by molar-refractivity contribution is -0.148. The summed E-state index contributed by atoms with van der Waals surface area (Å²) in [6, 6.07) is 0.863. The molecule has 0 aromatic heterocycles. The molecule has 0 aliphatic carbocycles. The molecule has 0 radical (unpaired) electrons. The van der Waals surface area contributed by atoms with Crippen molar-refractivity contribution in [2.24, 2.45) is 5.92 Å². The van der Waals surface area contributed by atoms with Gasteiger partial charge in [0, 0.05) is 7.11 Å². The Kier molecular flexibility index (Phi) is 8.11. The van der Waals surface area contributed by atoms with E-state index in [1.165, 1.54) is 0 Å². The van der Waals surface area contributed by atoms with Crippen molar-refractivity contribution in [3.63, 3.8) is 0 Å². The number of ether oxygens (including phenoxy) is 1. The smallest absolute Gasteiger partial charge is 0.324 e. The molecule has 0 aromatic rings. The third kappa shape index (κ3) is 8.57. The van der Waals surface area contributed by atoms with E-state index in [9.17, 15) is 4.79 Å². The average Bonchev–Trinajstić information content (AvgIpc) is 2.31. The lowest BCUT2D eigenvalue weighted by atomic mass is 10.1. The first kappa shape index (κ1) is 18.8. The van der Waals surface area contributed by atoms with Crippen molar-refractivity contribution in [1.29, 1.82) is 0 Å². The molecule has 0 aromatic carbocycles. The highest BCUT2D eigenvalue weighted by Crippen LogP contribution is 2.20. The van der Waals surface area contributed by atoms with Gasteiger partial charge in [0.25, 0.3) is 0 Å². The van der Waals surface area contributed by atoms with Gasteiger partial charge in [0.1, 0.15) is 0 Å². The molecule has 0 bridgehead atoms. The molecule has 0 aliphatic heterocycles. The molecule has 4 nitrogen and oxygen atoms in total. The van der Waals surface area contributed by atoms with E-state index in [4.69, 9.17) is 13.3 Å². The van der Waals surface area contributed by atoms with Gasteiger partial charge in [0.15, 0.2) is 8.32 Å². The van der Waals surface area contributed by atoms with E-state index >= 15 is 0 Å². The van der Waals surface area contributed by atoms with Gasteiger partial charge in [-0.15, -0.1) is 0 Å². The molecule has 6 heteroatoms. The molecule has 2 atom stereocenters. The molecule has 19 heavy (non-hydrogen) atoms. The van der Waals surface area contributed by atoms with Crippen LogP contribution in [0.1, 0.15) is 26.7 Å². The second-order valence-corrected chi connectivity index (χ2v) is 14.3. The summed E-state index contributed by atoms with van der Waals surface area (Å²) in [5.41, 5.74) is 0. The molecule has 0 fully saturated rings. The van der Waals surface area contributed by atoms with E-state index in [1.54, 1.807) is 7.11 Å². The Bertz CT molecular complexity index is 278. The quantitative estimate of drug-likeness (QED) is 0.371. The number of hydrogen-bond acceptors (Lipinski definition) is 4. The van der Waals surface area contributed by atoms with Gasteiger partial charge >= 0.3 is 14.5 Å². The summed E-state index contributed by atoms with van der Waals surface area (Å²) in [7, 11) is -1.97. The van der Waals surface area contributed by atoms with Crippen LogP contribution < -0.4 is 0 Å². The number of hydrogen-bond donors (Lipinski definition) is 0. The van der Waals surface area contributed by atoms with E-state index in [0.29, 0.717) is 6.61 Å². The topological polar surface area (TPSA) is 44.8 Å². The Morgan fingerprint density at radius 1 is 1.21 bits per heavy atom. The first-order valence-electron chi connectivity index (χ1n) is 7.05. The van der Waals surface area contributed by atoms with Gasteiger partial charge in [-0.3, -0.25) is 4.79 Å². The zero-order chi connectivity index (χ0) is 15.1. The molecule has 0 saturated carbocycles. The molecule has 114 valence electrons. The summed E-state index contributed by atoms with van der Waals surface area (Å²) in [6.45, 7) is 12.9. The first-order valence-corrected chi connectivity index (χ1v) is 13.0. The number of esters is 1. The lowest BCUT2D eigenvalue weighted by Crippen LogP contribution is -2.46. The maximum Gasteiger partial charge on any atom is 0.324 e. The monoisotopic (exact) mass is 306 g/mol. The van der Waals surface area contributed by atoms with Gasteiger partial charge in [-0.05, 0) is 45.1 Å². The zero-order valence-electron chi connectivity index (χ0n) is 13.5. The highest BCUT2D eigenvalue weighted by Gasteiger charge is 2.35. The fraction of sp³-hybridized carbons (Fsp3) is 0.923. The Morgan fingerprint density at radius 2 is 1.79 bits per heavy atom. The number of carbonyl (C=O) groups is 1. The molecule has 0 heterocycles. The van der Waals surface area contributed by atoms with Crippen LogP contribution in [-0.2, 0) is 18.1 Å². The Labute approximate surface area is 120 Å². The molecule has 0 saturated heterocycles. The average molecular weight is 307 g/mol. The van der Waals surface area contributed by atoms with E-state index < -0.39 is 16.9 Å². The molecule has 0 N–H and O–H groups in total. The van der Waals surface area contributed by atoms with Crippen LogP contribution in [0.5, 0.6) is 0 Å². The van der Waals surface area contributed by atoms with Crippen LogP contribution in [0.3, 0.4) is 0 Å². The molecule has 0 amide bonds. The van der Waals surface area contributed by atoms with Crippen molar-refractivity contribution in [3.8, 4) is 0 Å². The number of carbonyl (C=O) groups excluding carboxylic acids is 1. The maximum absolute atomic E-state index is 11.5. The minimum atomic E-state index is -2.10. The highest BCUT2D eigenvalue weighted by molar-refractivity contribution is 6.81. The van der Waals surface area contributed by atoms with Crippen LogP contribution in [0.15, 0.2) is 0 Å². The second-order valence-electron chi connectivity index (χ2n) is 6.13. The van der Waals surface area contributed by atoms with Crippen LogP contribution in [-0.4, -0.2) is 36.6 Å². The minimum Gasteiger partial charge on any atom is -0.465 e. The van der Waals surface area contributed by atoms with Crippen LogP contribution in [0, 0.1) is 5.92 Å². The summed E-state index contributed by atoms with van der Waals surface area (Å²) in [5.74, 6) is -0.112. The molecule has 0 rings (SSSR count). The van der Waals surface area contributed by atoms with Crippen molar-refractivity contribution in [1.82, 2.24) is 0 Å². The second kappa shape index (κ2) is 8.19. The first-order chi connectivity index (χ1) is 8.63. The Morgan fingerprint density at radius 3 is 2.21 bits per heavy atom. The van der Waals surface area contributed by atoms with Gasteiger partial charge in [0.05, 0.1) is 12.5 Å². The van der Waals surface area contributed by atoms with Crippen molar-refractivity contribution >= 4 is 22.8 Å².